The maximum absolute atomic E-state index is 9.99. The van der Waals surface area contributed by atoms with E-state index in [0.29, 0.717) is 12.3 Å². The summed E-state index contributed by atoms with van der Waals surface area (Å²) in [5.41, 5.74) is 0. The highest BCUT2D eigenvalue weighted by Gasteiger charge is 2.03. The summed E-state index contributed by atoms with van der Waals surface area (Å²) in [6.45, 7) is 0. The lowest BCUT2D eigenvalue weighted by atomic mass is 10.0. The zero-order valence-corrected chi connectivity index (χ0v) is 5.16. The topological polar surface area (TPSA) is 29.4 Å². The molecule has 0 aromatic carbocycles. The summed E-state index contributed by atoms with van der Waals surface area (Å²) >= 11 is 0. The molecule has 1 aliphatic heterocycles. The van der Waals surface area contributed by atoms with Gasteiger partial charge in [0.05, 0.1) is 0 Å². The van der Waals surface area contributed by atoms with Gasteiger partial charge in [0.25, 0.3) is 0 Å². The summed E-state index contributed by atoms with van der Waals surface area (Å²) in [6, 6.07) is 0. The van der Waals surface area contributed by atoms with Crippen LogP contribution in [0.15, 0.2) is 17.3 Å². The maximum Gasteiger partial charge on any atom is 0.120 e. The predicted molar refractivity (Wildman–Crippen MR) is 36.4 cm³/mol. The molecule has 0 aromatic rings. The number of carbonyl (C=O) groups is 1. The zero-order valence-electron chi connectivity index (χ0n) is 5.16. The molecular weight excluding hydrogens is 114 g/mol. The summed E-state index contributed by atoms with van der Waals surface area (Å²) in [5, 5.41) is 0. The van der Waals surface area contributed by atoms with Crippen LogP contribution in [-0.2, 0) is 4.79 Å². The normalized spacial score (nSPS) is 24.2. The first-order valence-electron chi connectivity index (χ1n) is 3.05. The molecule has 0 saturated heterocycles. The summed E-state index contributed by atoms with van der Waals surface area (Å²) < 4.78 is 0. The van der Waals surface area contributed by atoms with Crippen molar-refractivity contribution in [3.63, 3.8) is 0 Å². The fraction of sp³-hybridized carbons (Fsp3) is 0.429. The van der Waals surface area contributed by atoms with E-state index in [1.54, 1.807) is 6.20 Å². The van der Waals surface area contributed by atoms with Crippen molar-refractivity contribution >= 4 is 12.5 Å². The van der Waals surface area contributed by atoms with Crippen LogP contribution < -0.4 is 0 Å². The monoisotopic (exact) mass is 123 g/mol. The van der Waals surface area contributed by atoms with Gasteiger partial charge in [-0.25, -0.2) is 0 Å². The Bertz CT molecular complexity index is 147. The molecular formula is C7H9NO. The van der Waals surface area contributed by atoms with Gasteiger partial charge in [-0.3, -0.25) is 4.99 Å². The van der Waals surface area contributed by atoms with Crippen LogP contribution in [0.25, 0.3) is 0 Å². The van der Waals surface area contributed by atoms with E-state index in [-0.39, 0.29) is 0 Å². The second-order valence-electron chi connectivity index (χ2n) is 2.08. The second kappa shape index (κ2) is 3.17. The SMILES string of the molecule is O=CCC1C=NC=CC1. The predicted octanol–water partition coefficient (Wildman–Crippen LogP) is 1.18. The average molecular weight is 123 g/mol. The van der Waals surface area contributed by atoms with Gasteiger partial charge in [0, 0.05) is 24.8 Å². The number of hydrogen-bond donors (Lipinski definition) is 0. The number of hydrogen-bond acceptors (Lipinski definition) is 2. The lowest BCUT2D eigenvalue weighted by molar-refractivity contribution is -0.108. The Labute approximate surface area is 54.3 Å². The summed E-state index contributed by atoms with van der Waals surface area (Å²) in [5.74, 6) is 0.354. The molecule has 0 spiro atoms. The van der Waals surface area contributed by atoms with E-state index in [1.165, 1.54) is 0 Å². The Morgan fingerprint density at radius 2 is 2.67 bits per heavy atom. The van der Waals surface area contributed by atoms with Gasteiger partial charge in [-0.15, -0.1) is 0 Å². The third-order valence-corrected chi connectivity index (χ3v) is 1.33. The van der Waals surface area contributed by atoms with Crippen LogP contribution in [-0.4, -0.2) is 12.5 Å². The van der Waals surface area contributed by atoms with Crippen LogP contribution in [0.2, 0.25) is 0 Å². The van der Waals surface area contributed by atoms with Crippen molar-refractivity contribution in [3.8, 4) is 0 Å². The molecule has 2 nitrogen and oxygen atoms in total. The highest BCUT2D eigenvalue weighted by Crippen LogP contribution is 2.08. The lowest BCUT2D eigenvalue weighted by Gasteiger charge is -2.05. The standard InChI is InChI=1S/C7H9NO/c9-5-3-7-2-1-4-8-6-7/h1,4-7H,2-3H2. The number of allylic oxidation sites excluding steroid dienone is 1. The summed E-state index contributed by atoms with van der Waals surface area (Å²) in [7, 11) is 0. The number of aliphatic imine (C=N–C) groups is 1. The molecule has 0 aromatic heterocycles. The summed E-state index contributed by atoms with van der Waals surface area (Å²) in [6.07, 6.45) is 8.08. The molecule has 0 saturated carbocycles. The highest BCUT2D eigenvalue weighted by atomic mass is 16.1. The number of rotatable bonds is 2. The molecule has 0 N–H and O–H groups in total. The van der Waals surface area contributed by atoms with Crippen LogP contribution in [0.5, 0.6) is 0 Å². The van der Waals surface area contributed by atoms with Crippen molar-refractivity contribution in [1.29, 1.82) is 0 Å². The number of aldehydes is 1. The largest absolute Gasteiger partial charge is 0.303 e. The Kier molecular flexibility index (Phi) is 2.19. The van der Waals surface area contributed by atoms with Crippen LogP contribution >= 0.6 is 0 Å². The Morgan fingerprint density at radius 3 is 3.22 bits per heavy atom. The lowest BCUT2D eigenvalue weighted by Crippen LogP contribution is -2.03. The molecule has 1 heterocycles. The van der Waals surface area contributed by atoms with Crippen LogP contribution in [0.3, 0.4) is 0 Å². The van der Waals surface area contributed by atoms with Crippen molar-refractivity contribution in [1.82, 2.24) is 0 Å². The van der Waals surface area contributed by atoms with Crippen molar-refractivity contribution in [3.05, 3.63) is 12.3 Å². The van der Waals surface area contributed by atoms with Gasteiger partial charge in [0.15, 0.2) is 0 Å². The molecule has 9 heavy (non-hydrogen) atoms. The third kappa shape index (κ3) is 1.80. The van der Waals surface area contributed by atoms with Crippen LogP contribution in [0.4, 0.5) is 0 Å². The minimum atomic E-state index is 0.354. The second-order valence-corrected chi connectivity index (χ2v) is 2.08. The maximum atomic E-state index is 9.99. The van der Waals surface area contributed by atoms with Crippen molar-refractivity contribution in [2.24, 2.45) is 10.9 Å². The first-order chi connectivity index (χ1) is 4.43. The fourth-order valence-electron chi connectivity index (χ4n) is 0.809. The van der Waals surface area contributed by atoms with Crippen molar-refractivity contribution in [2.75, 3.05) is 0 Å². The fourth-order valence-corrected chi connectivity index (χ4v) is 0.809. The zero-order chi connectivity index (χ0) is 6.53. The first kappa shape index (κ1) is 6.20. The molecule has 0 fully saturated rings. The Hall–Kier alpha value is -0.920. The van der Waals surface area contributed by atoms with Gasteiger partial charge in [-0.05, 0) is 6.42 Å². The van der Waals surface area contributed by atoms with E-state index < -0.39 is 0 Å². The first-order valence-corrected chi connectivity index (χ1v) is 3.05. The van der Waals surface area contributed by atoms with Gasteiger partial charge in [0.2, 0.25) is 0 Å². The molecule has 1 aliphatic rings. The molecule has 1 rings (SSSR count). The van der Waals surface area contributed by atoms with E-state index in [9.17, 15) is 4.79 Å². The molecule has 0 amide bonds. The summed E-state index contributed by atoms with van der Waals surface area (Å²) in [4.78, 5) is 13.9. The molecule has 1 unspecified atom stereocenters. The van der Waals surface area contributed by atoms with Crippen LogP contribution in [0, 0.1) is 5.92 Å². The smallest absolute Gasteiger partial charge is 0.120 e. The minimum Gasteiger partial charge on any atom is -0.303 e. The van der Waals surface area contributed by atoms with E-state index in [4.69, 9.17) is 0 Å². The average Bonchev–Trinajstić information content (AvgIpc) is 1.91. The van der Waals surface area contributed by atoms with Gasteiger partial charge < -0.3 is 4.79 Å². The third-order valence-electron chi connectivity index (χ3n) is 1.33. The van der Waals surface area contributed by atoms with Crippen LogP contribution in [0.1, 0.15) is 12.8 Å². The molecule has 0 aliphatic carbocycles. The van der Waals surface area contributed by atoms with E-state index in [1.807, 2.05) is 12.3 Å². The quantitative estimate of drug-likeness (QED) is 0.507. The molecule has 0 bridgehead atoms. The van der Waals surface area contributed by atoms with Gasteiger partial charge >= 0.3 is 0 Å². The highest BCUT2D eigenvalue weighted by molar-refractivity contribution is 5.67. The Morgan fingerprint density at radius 1 is 1.78 bits per heavy atom. The molecule has 0 radical (unpaired) electrons. The molecule has 2 heteroatoms. The van der Waals surface area contributed by atoms with Gasteiger partial charge in [-0.1, -0.05) is 6.08 Å². The van der Waals surface area contributed by atoms with E-state index >= 15 is 0 Å². The van der Waals surface area contributed by atoms with Crippen molar-refractivity contribution in [2.45, 2.75) is 12.8 Å². The van der Waals surface area contributed by atoms with E-state index in [0.717, 1.165) is 12.7 Å². The molecule has 1 atom stereocenters. The Balaban J connectivity index is 2.36. The minimum absolute atomic E-state index is 0.354. The van der Waals surface area contributed by atoms with Gasteiger partial charge in [-0.2, -0.15) is 0 Å². The number of carbonyl (C=O) groups excluding carboxylic acids is 1. The van der Waals surface area contributed by atoms with Crippen molar-refractivity contribution < 1.29 is 4.79 Å². The van der Waals surface area contributed by atoms with Gasteiger partial charge in [0.1, 0.15) is 6.29 Å². The van der Waals surface area contributed by atoms with E-state index in [2.05, 4.69) is 4.99 Å². The number of nitrogens with zero attached hydrogens (tertiary/aromatic N) is 1. The molecule has 48 valence electrons.